The molecule has 0 atom stereocenters. The van der Waals surface area contributed by atoms with E-state index in [-0.39, 0.29) is 11.8 Å². The van der Waals surface area contributed by atoms with Crippen LogP contribution in [0.15, 0.2) is 36.4 Å². The van der Waals surface area contributed by atoms with Gasteiger partial charge >= 0.3 is 0 Å². The Hall–Kier alpha value is -2.28. The third-order valence-electron chi connectivity index (χ3n) is 5.00. The van der Waals surface area contributed by atoms with E-state index in [2.05, 4.69) is 10.6 Å². The van der Waals surface area contributed by atoms with E-state index in [1.165, 1.54) is 14.0 Å². The van der Waals surface area contributed by atoms with Crippen molar-refractivity contribution in [2.45, 2.75) is 25.2 Å². The second-order valence-electron chi connectivity index (χ2n) is 6.87. The molecule has 2 aromatic rings. The number of hydrogen-bond donors (Lipinski definition) is 2. The molecule has 0 saturated carbocycles. The average Bonchev–Trinajstić information content (AvgIpc) is 2.68. The van der Waals surface area contributed by atoms with Crippen molar-refractivity contribution < 1.29 is 19.1 Å². The van der Waals surface area contributed by atoms with Gasteiger partial charge in [-0.25, -0.2) is 0 Å². The molecule has 1 heterocycles. The molecular formula is C21H22Cl2N2O4. The Balaban J connectivity index is 1.94. The van der Waals surface area contributed by atoms with Gasteiger partial charge in [-0.1, -0.05) is 29.3 Å². The maximum absolute atomic E-state index is 13.4. The maximum Gasteiger partial charge on any atom is 0.235 e. The Morgan fingerprint density at radius 3 is 2.41 bits per heavy atom. The summed E-state index contributed by atoms with van der Waals surface area (Å²) in [5, 5.41) is 6.63. The largest absolute Gasteiger partial charge is 0.495 e. The number of carbonyl (C=O) groups is 2. The molecule has 2 N–H and O–H groups in total. The lowest BCUT2D eigenvalue weighted by atomic mass is 9.73. The molecule has 0 bridgehead atoms. The minimum atomic E-state index is -0.839. The SMILES string of the molecule is COc1ccc(NC(=O)C2(c3ccc(Cl)cc3Cl)CCOCC2)cc1NC(C)=O. The second-order valence-corrected chi connectivity index (χ2v) is 7.71. The third-order valence-corrected chi connectivity index (χ3v) is 5.54. The van der Waals surface area contributed by atoms with Gasteiger partial charge in [0, 0.05) is 35.9 Å². The van der Waals surface area contributed by atoms with Crippen LogP contribution in [0.3, 0.4) is 0 Å². The summed E-state index contributed by atoms with van der Waals surface area (Å²) in [4.78, 5) is 24.9. The van der Waals surface area contributed by atoms with Crippen molar-refractivity contribution in [2.24, 2.45) is 0 Å². The van der Waals surface area contributed by atoms with Crippen molar-refractivity contribution in [1.29, 1.82) is 0 Å². The highest BCUT2D eigenvalue weighted by atomic mass is 35.5. The van der Waals surface area contributed by atoms with E-state index in [4.69, 9.17) is 32.7 Å². The molecule has 0 unspecified atom stereocenters. The van der Waals surface area contributed by atoms with Crippen molar-refractivity contribution in [1.82, 2.24) is 0 Å². The highest BCUT2D eigenvalue weighted by Gasteiger charge is 2.43. The second kappa shape index (κ2) is 9.03. The zero-order valence-corrected chi connectivity index (χ0v) is 17.7. The number of amides is 2. The van der Waals surface area contributed by atoms with Crippen LogP contribution in [0.1, 0.15) is 25.3 Å². The summed E-state index contributed by atoms with van der Waals surface area (Å²) in [7, 11) is 1.51. The van der Waals surface area contributed by atoms with Gasteiger partial charge in [0.15, 0.2) is 0 Å². The van der Waals surface area contributed by atoms with E-state index in [0.29, 0.717) is 53.2 Å². The monoisotopic (exact) mass is 436 g/mol. The molecule has 8 heteroatoms. The first kappa shape index (κ1) is 21.4. The molecule has 6 nitrogen and oxygen atoms in total. The zero-order chi connectivity index (χ0) is 21.0. The summed E-state index contributed by atoms with van der Waals surface area (Å²) >= 11 is 12.5. The van der Waals surface area contributed by atoms with Crippen molar-refractivity contribution in [3.63, 3.8) is 0 Å². The first-order valence-electron chi connectivity index (χ1n) is 9.16. The normalized spacial score (nSPS) is 15.4. The van der Waals surface area contributed by atoms with Crippen LogP contribution in [0.5, 0.6) is 5.75 Å². The van der Waals surface area contributed by atoms with E-state index in [1.54, 1.807) is 36.4 Å². The molecule has 2 amide bonds. The summed E-state index contributed by atoms with van der Waals surface area (Å²) in [5.74, 6) is 0.0734. The van der Waals surface area contributed by atoms with Gasteiger partial charge < -0.3 is 20.1 Å². The number of methoxy groups -OCH3 is 1. The summed E-state index contributed by atoms with van der Waals surface area (Å²) in [6, 6.07) is 10.2. The molecule has 3 rings (SSSR count). The number of nitrogens with one attached hydrogen (secondary N) is 2. The standard InChI is InChI=1S/C21H22Cl2N2O4/c1-13(26)24-18-12-15(4-6-19(18)28-2)25-20(27)21(7-9-29-10-8-21)16-5-3-14(22)11-17(16)23/h3-6,11-12H,7-10H2,1-2H3,(H,24,26)(H,25,27). The quantitative estimate of drug-likeness (QED) is 0.714. The fourth-order valence-corrected chi connectivity index (χ4v) is 4.13. The smallest absolute Gasteiger partial charge is 0.235 e. The van der Waals surface area contributed by atoms with E-state index >= 15 is 0 Å². The molecule has 0 radical (unpaired) electrons. The van der Waals surface area contributed by atoms with Gasteiger partial charge in [-0.2, -0.15) is 0 Å². The Morgan fingerprint density at radius 2 is 1.79 bits per heavy atom. The van der Waals surface area contributed by atoms with Crippen LogP contribution >= 0.6 is 23.2 Å². The van der Waals surface area contributed by atoms with E-state index in [1.807, 2.05) is 0 Å². The molecule has 1 aliphatic rings. The Kier molecular flexibility index (Phi) is 6.67. The maximum atomic E-state index is 13.4. The predicted molar refractivity (Wildman–Crippen MR) is 114 cm³/mol. The fraction of sp³-hybridized carbons (Fsp3) is 0.333. The van der Waals surface area contributed by atoms with Gasteiger partial charge in [0.2, 0.25) is 11.8 Å². The van der Waals surface area contributed by atoms with E-state index in [9.17, 15) is 9.59 Å². The van der Waals surface area contributed by atoms with Crippen LogP contribution in [-0.4, -0.2) is 32.1 Å². The van der Waals surface area contributed by atoms with Gasteiger partial charge in [0.25, 0.3) is 0 Å². The number of ether oxygens (including phenoxy) is 2. The molecular weight excluding hydrogens is 415 g/mol. The number of benzene rings is 2. The van der Waals surface area contributed by atoms with Gasteiger partial charge in [-0.15, -0.1) is 0 Å². The van der Waals surface area contributed by atoms with Crippen molar-refractivity contribution in [3.8, 4) is 5.75 Å². The summed E-state index contributed by atoms with van der Waals surface area (Å²) in [6.45, 7) is 2.31. The van der Waals surface area contributed by atoms with Crippen molar-refractivity contribution in [2.75, 3.05) is 31.0 Å². The number of anilines is 2. The van der Waals surface area contributed by atoms with Gasteiger partial charge in [0.1, 0.15) is 5.75 Å². The van der Waals surface area contributed by atoms with Gasteiger partial charge in [-0.3, -0.25) is 9.59 Å². The third kappa shape index (κ3) is 4.66. The predicted octanol–water partition coefficient (Wildman–Crippen LogP) is 4.65. The zero-order valence-electron chi connectivity index (χ0n) is 16.2. The number of rotatable bonds is 5. The Bertz CT molecular complexity index is 927. The molecule has 1 saturated heterocycles. The topological polar surface area (TPSA) is 76.7 Å². The molecule has 154 valence electrons. The van der Waals surface area contributed by atoms with Crippen molar-refractivity contribution in [3.05, 3.63) is 52.0 Å². The minimum absolute atomic E-state index is 0.191. The van der Waals surface area contributed by atoms with Crippen LogP contribution in [0, 0.1) is 0 Å². The van der Waals surface area contributed by atoms with Crippen molar-refractivity contribution >= 4 is 46.4 Å². The molecule has 2 aromatic carbocycles. The molecule has 0 aromatic heterocycles. The van der Waals surface area contributed by atoms with Crippen LogP contribution in [-0.2, 0) is 19.7 Å². The lowest BCUT2D eigenvalue weighted by molar-refractivity contribution is -0.125. The molecule has 1 aliphatic heterocycles. The summed E-state index contributed by atoms with van der Waals surface area (Å²) in [5.41, 5.74) is 0.896. The lowest BCUT2D eigenvalue weighted by Crippen LogP contribution is -2.45. The van der Waals surface area contributed by atoms with Gasteiger partial charge in [0.05, 0.1) is 18.2 Å². The first-order valence-corrected chi connectivity index (χ1v) is 9.92. The highest BCUT2D eigenvalue weighted by molar-refractivity contribution is 6.35. The Labute approximate surface area is 179 Å². The van der Waals surface area contributed by atoms with E-state index in [0.717, 1.165) is 5.56 Å². The summed E-state index contributed by atoms with van der Waals surface area (Å²) in [6.07, 6.45) is 0.990. The fourth-order valence-electron chi connectivity index (χ4n) is 3.54. The first-order chi connectivity index (χ1) is 13.9. The van der Waals surface area contributed by atoms with Crippen LogP contribution in [0.2, 0.25) is 10.0 Å². The lowest BCUT2D eigenvalue weighted by Gasteiger charge is -2.37. The highest BCUT2D eigenvalue weighted by Crippen LogP contribution is 2.41. The number of hydrogen-bond acceptors (Lipinski definition) is 4. The summed E-state index contributed by atoms with van der Waals surface area (Å²) < 4.78 is 10.8. The molecule has 0 aliphatic carbocycles. The average molecular weight is 437 g/mol. The van der Waals surface area contributed by atoms with Crippen LogP contribution in [0.25, 0.3) is 0 Å². The molecule has 29 heavy (non-hydrogen) atoms. The van der Waals surface area contributed by atoms with Crippen LogP contribution < -0.4 is 15.4 Å². The van der Waals surface area contributed by atoms with Crippen LogP contribution in [0.4, 0.5) is 11.4 Å². The number of halogens is 2. The minimum Gasteiger partial charge on any atom is -0.495 e. The molecule has 1 fully saturated rings. The van der Waals surface area contributed by atoms with E-state index < -0.39 is 5.41 Å². The Morgan fingerprint density at radius 1 is 1.07 bits per heavy atom. The number of carbonyl (C=O) groups excluding carboxylic acids is 2. The molecule has 0 spiro atoms. The van der Waals surface area contributed by atoms with Gasteiger partial charge in [-0.05, 0) is 48.7 Å².